The van der Waals surface area contributed by atoms with Gasteiger partial charge in [-0.2, -0.15) is 0 Å². The van der Waals surface area contributed by atoms with E-state index in [1.807, 2.05) is 12.1 Å². The average Bonchev–Trinajstić information content (AvgIpc) is 2.43. The van der Waals surface area contributed by atoms with E-state index in [4.69, 9.17) is 15.2 Å². The van der Waals surface area contributed by atoms with Crippen molar-refractivity contribution >= 4 is 0 Å². The van der Waals surface area contributed by atoms with Crippen LogP contribution in [0.25, 0.3) is 0 Å². The number of methoxy groups -OCH3 is 1. The van der Waals surface area contributed by atoms with Crippen LogP contribution in [0, 0.1) is 0 Å². The van der Waals surface area contributed by atoms with E-state index in [0.717, 1.165) is 18.7 Å². The molecule has 100 valence electrons. The van der Waals surface area contributed by atoms with Gasteiger partial charge in [0.25, 0.3) is 0 Å². The summed E-state index contributed by atoms with van der Waals surface area (Å²) in [5, 5.41) is 10.2. The Morgan fingerprint density at radius 1 is 1.44 bits per heavy atom. The van der Waals surface area contributed by atoms with Gasteiger partial charge in [-0.05, 0) is 6.07 Å². The van der Waals surface area contributed by atoms with Crippen molar-refractivity contribution in [2.75, 3.05) is 40.0 Å². The lowest BCUT2D eigenvalue weighted by molar-refractivity contribution is 0.0174. The zero-order valence-corrected chi connectivity index (χ0v) is 10.6. The number of phenols is 1. The minimum atomic E-state index is 0.00370. The van der Waals surface area contributed by atoms with E-state index < -0.39 is 0 Å². The highest BCUT2D eigenvalue weighted by Crippen LogP contribution is 2.35. The van der Waals surface area contributed by atoms with Gasteiger partial charge < -0.3 is 20.3 Å². The predicted octanol–water partition coefficient (Wildman–Crippen LogP) is 0.733. The van der Waals surface area contributed by atoms with Gasteiger partial charge in [0.05, 0.1) is 26.4 Å². The standard InChI is InChI=1S/C13H20N2O3/c1-17-12-4-2-3-10(13(12)16)11(9-14)15-5-7-18-8-6-15/h2-4,11,16H,5-9,14H2,1H3. The third-order valence-electron chi connectivity index (χ3n) is 3.32. The third-order valence-corrected chi connectivity index (χ3v) is 3.32. The summed E-state index contributed by atoms with van der Waals surface area (Å²) in [5.74, 6) is 0.668. The van der Waals surface area contributed by atoms with Crippen LogP contribution in [0.2, 0.25) is 0 Å². The number of nitrogens with zero attached hydrogens (tertiary/aromatic N) is 1. The monoisotopic (exact) mass is 252 g/mol. The second-order valence-corrected chi connectivity index (χ2v) is 4.30. The highest BCUT2D eigenvalue weighted by Gasteiger charge is 2.24. The van der Waals surface area contributed by atoms with Crippen LogP contribution in [-0.4, -0.2) is 50.0 Å². The maximum Gasteiger partial charge on any atom is 0.162 e. The third kappa shape index (κ3) is 2.58. The fourth-order valence-electron chi connectivity index (χ4n) is 2.33. The van der Waals surface area contributed by atoms with E-state index in [0.29, 0.717) is 25.5 Å². The smallest absolute Gasteiger partial charge is 0.162 e. The lowest BCUT2D eigenvalue weighted by Crippen LogP contribution is -2.41. The van der Waals surface area contributed by atoms with Crippen molar-refractivity contribution in [1.29, 1.82) is 0 Å². The van der Waals surface area contributed by atoms with E-state index in [1.165, 1.54) is 0 Å². The minimum absolute atomic E-state index is 0.00370. The second kappa shape index (κ2) is 6.04. The van der Waals surface area contributed by atoms with Crippen LogP contribution in [0.1, 0.15) is 11.6 Å². The van der Waals surface area contributed by atoms with Gasteiger partial charge >= 0.3 is 0 Å². The van der Waals surface area contributed by atoms with Gasteiger partial charge in [-0.1, -0.05) is 12.1 Å². The number of para-hydroxylation sites is 1. The van der Waals surface area contributed by atoms with E-state index in [9.17, 15) is 5.11 Å². The topological polar surface area (TPSA) is 68.0 Å². The molecule has 1 saturated heterocycles. The summed E-state index contributed by atoms with van der Waals surface area (Å²) < 4.78 is 10.5. The Bertz CT molecular complexity index is 392. The Morgan fingerprint density at radius 3 is 2.78 bits per heavy atom. The number of phenolic OH excluding ortho intramolecular Hbond substituents is 1. The first-order chi connectivity index (χ1) is 8.77. The molecule has 1 unspecified atom stereocenters. The Labute approximate surface area is 107 Å². The molecule has 18 heavy (non-hydrogen) atoms. The molecular weight excluding hydrogens is 232 g/mol. The van der Waals surface area contributed by atoms with E-state index in [-0.39, 0.29) is 11.8 Å². The van der Waals surface area contributed by atoms with Crippen LogP contribution in [0.15, 0.2) is 18.2 Å². The molecule has 0 bridgehead atoms. The minimum Gasteiger partial charge on any atom is -0.504 e. The number of morpholine rings is 1. The molecule has 2 rings (SSSR count). The van der Waals surface area contributed by atoms with Crippen molar-refractivity contribution in [2.45, 2.75) is 6.04 Å². The molecule has 0 radical (unpaired) electrons. The van der Waals surface area contributed by atoms with Crippen molar-refractivity contribution in [1.82, 2.24) is 4.90 Å². The van der Waals surface area contributed by atoms with Crippen LogP contribution in [-0.2, 0) is 4.74 Å². The Kier molecular flexibility index (Phi) is 4.41. The van der Waals surface area contributed by atoms with E-state index in [2.05, 4.69) is 4.90 Å². The molecule has 0 aromatic heterocycles. The van der Waals surface area contributed by atoms with Crippen LogP contribution >= 0.6 is 0 Å². The first kappa shape index (κ1) is 13.1. The second-order valence-electron chi connectivity index (χ2n) is 4.30. The number of aromatic hydroxyl groups is 1. The van der Waals surface area contributed by atoms with Gasteiger partial charge in [-0.25, -0.2) is 0 Å². The summed E-state index contributed by atoms with van der Waals surface area (Å²) in [6.07, 6.45) is 0. The van der Waals surface area contributed by atoms with Gasteiger partial charge in [0.2, 0.25) is 0 Å². The van der Waals surface area contributed by atoms with Crippen molar-refractivity contribution in [3.8, 4) is 11.5 Å². The SMILES string of the molecule is COc1cccc(C(CN)N2CCOCC2)c1O. The fraction of sp³-hybridized carbons (Fsp3) is 0.538. The first-order valence-electron chi connectivity index (χ1n) is 6.15. The van der Waals surface area contributed by atoms with Gasteiger partial charge in [0.15, 0.2) is 11.5 Å². The molecule has 1 aliphatic heterocycles. The lowest BCUT2D eigenvalue weighted by Gasteiger charge is -2.34. The molecule has 0 amide bonds. The summed E-state index contributed by atoms with van der Waals surface area (Å²) in [5.41, 5.74) is 6.68. The summed E-state index contributed by atoms with van der Waals surface area (Å²) in [6, 6.07) is 5.51. The molecule has 1 aromatic carbocycles. The number of hydrogen-bond donors (Lipinski definition) is 2. The van der Waals surface area contributed by atoms with E-state index in [1.54, 1.807) is 13.2 Å². The zero-order valence-electron chi connectivity index (χ0n) is 10.6. The molecule has 0 aliphatic carbocycles. The maximum atomic E-state index is 10.2. The number of nitrogens with two attached hydrogens (primary N) is 1. The lowest BCUT2D eigenvalue weighted by atomic mass is 10.0. The Hall–Kier alpha value is -1.30. The van der Waals surface area contributed by atoms with Crippen molar-refractivity contribution in [3.05, 3.63) is 23.8 Å². The fourth-order valence-corrected chi connectivity index (χ4v) is 2.33. The molecule has 1 aromatic rings. The van der Waals surface area contributed by atoms with Crippen LogP contribution in [0.3, 0.4) is 0 Å². The van der Waals surface area contributed by atoms with Gasteiger partial charge in [-0.15, -0.1) is 0 Å². The summed E-state index contributed by atoms with van der Waals surface area (Å²) in [6.45, 7) is 3.54. The largest absolute Gasteiger partial charge is 0.504 e. The zero-order chi connectivity index (χ0) is 13.0. The van der Waals surface area contributed by atoms with Crippen molar-refractivity contribution in [3.63, 3.8) is 0 Å². The molecule has 5 nitrogen and oxygen atoms in total. The molecule has 3 N–H and O–H groups in total. The van der Waals surface area contributed by atoms with Crippen molar-refractivity contribution in [2.24, 2.45) is 5.73 Å². The van der Waals surface area contributed by atoms with Gasteiger partial charge in [0, 0.05) is 25.2 Å². The summed E-state index contributed by atoms with van der Waals surface area (Å²) >= 11 is 0. The number of rotatable bonds is 4. The van der Waals surface area contributed by atoms with E-state index >= 15 is 0 Å². The molecule has 1 heterocycles. The number of hydrogen-bond acceptors (Lipinski definition) is 5. The predicted molar refractivity (Wildman–Crippen MR) is 68.8 cm³/mol. The Morgan fingerprint density at radius 2 is 2.17 bits per heavy atom. The van der Waals surface area contributed by atoms with Gasteiger partial charge in [0.1, 0.15) is 0 Å². The normalized spacial score (nSPS) is 18.6. The Balaban J connectivity index is 2.26. The van der Waals surface area contributed by atoms with Gasteiger partial charge in [-0.3, -0.25) is 4.90 Å². The van der Waals surface area contributed by atoms with Crippen molar-refractivity contribution < 1.29 is 14.6 Å². The molecule has 0 saturated carbocycles. The number of ether oxygens (including phenoxy) is 2. The summed E-state index contributed by atoms with van der Waals surface area (Å²) in [7, 11) is 1.55. The molecular formula is C13H20N2O3. The highest BCUT2D eigenvalue weighted by molar-refractivity contribution is 5.47. The molecule has 0 spiro atoms. The average molecular weight is 252 g/mol. The number of benzene rings is 1. The quantitative estimate of drug-likeness (QED) is 0.827. The molecule has 1 aliphatic rings. The molecule has 5 heteroatoms. The molecule has 1 atom stereocenters. The summed E-state index contributed by atoms with van der Waals surface area (Å²) in [4.78, 5) is 2.23. The van der Waals surface area contributed by atoms with Crippen LogP contribution in [0.4, 0.5) is 0 Å². The van der Waals surface area contributed by atoms with Crippen LogP contribution < -0.4 is 10.5 Å². The first-order valence-corrected chi connectivity index (χ1v) is 6.15. The maximum absolute atomic E-state index is 10.2. The van der Waals surface area contributed by atoms with Crippen LogP contribution in [0.5, 0.6) is 11.5 Å². The molecule has 1 fully saturated rings. The highest BCUT2D eigenvalue weighted by atomic mass is 16.5.